The molecule has 2 fully saturated rings. The van der Waals surface area contributed by atoms with Crippen molar-refractivity contribution in [1.29, 1.82) is 0 Å². The Balaban J connectivity index is 2.02. The highest BCUT2D eigenvalue weighted by Crippen LogP contribution is 2.32. The third kappa shape index (κ3) is 2.35. The molecule has 0 aromatic carbocycles. The van der Waals surface area contributed by atoms with Crippen LogP contribution in [0.3, 0.4) is 0 Å². The first-order valence-corrected chi connectivity index (χ1v) is 5.12. The lowest BCUT2D eigenvalue weighted by molar-refractivity contribution is -0.150. The second kappa shape index (κ2) is 3.90. The Kier molecular flexibility index (Phi) is 2.75. The molecule has 4 atom stereocenters. The van der Waals surface area contributed by atoms with Gasteiger partial charge in [0.1, 0.15) is 24.1 Å². The maximum atomic E-state index is 11.3. The SMILES string of the molecule is C[C@H]1OC(=O)CCC(=O)C[C@H](O)[C@H]2O[C@H]21. The van der Waals surface area contributed by atoms with E-state index in [0.717, 1.165) is 0 Å². The monoisotopic (exact) mass is 214 g/mol. The Morgan fingerprint density at radius 3 is 2.73 bits per heavy atom. The third-order valence-electron chi connectivity index (χ3n) is 2.77. The van der Waals surface area contributed by atoms with E-state index in [-0.39, 0.29) is 49.3 Å². The second-order valence-electron chi connectivity index (χ2n) is 4.07. The summed E-state index contributed by atoms with van der Waals surface area (Å²) in [5, 5.41) is 9.61. The lowest BCUT2D eigenvalue weighted by Crippen LogP contribution is -2.29. The standard InChI is InChI=1S/C10H14O5/c1-5-9-10(15-9)7(12)4-6(11)2-3-8(13)14-5/h5,7,9-10,12H,2-4H2,1H3/t5-,7+,9+,10-/m1/s1. The molecule has 2 rings (SSSR count). The van der Waals surface area contributed by atoms with Crippen molar-refractivity contribution in [1.82, 2.24) is 0 Å². The van der Waals surface area contributed by atoms with Crippen molar-refractivity contribution < 1.29 is 24.2 Å². The molecule has 2 aliphatic rings. The molecule has 0 amide bonds. The molecule has 15 heavy (non-hydrogen) atoms. The molecule has 0 bridgehead atoms. The normalized spacial score (nSPS) is 41.7. The van der Waals surface area contributed by atoms with Crippen molar-refractivity contribution in [2.75, 3.05) is 0 Å². The summed E-state index contributed by atoms with van der Waals surface area (Å²) in [6.07, 6.45) is -1.41. The molecule has 2 aliphatic heterocycles. The van der Waals surface area contributed by atoms with Crippen LogP contribution in [0.1, 0.15) is 26.2 Å². The molecule has 0 aliphatic carbocycles. The van der Waals surface area contributed by atoms with Crippen LogP contribution in [0.15, 0.2) is 0 Å². The number of esters is 1. The molecule has 0 aromatic heterocycles. The van der Waals surface area contributed by atoms with Gasteiger partial charge in [-0.1, -0.05) is 0 Å². The molecule has 1 N–H and O–H groups in total. The quantitative estimate of drug-likeness (QED) is 0.446. The highest BCUT2D eigenvalue weighted by Gasteiger charge is 2.49. The third-order valence-corrected chi connectivity index (χ3v) is 2.77. The molecule has 2 heterocycles. The van der Waals surface area contributed by atoms with Crippen LogP contribution < -0.4 is 0 Å². The zero-order valence-electron chi connectivity index (χ0n) is 8.51. The Morgan fingerprint density at radius 1 is 1.27 bits per heavy atom. The van der Waals surface area contributed by atoms with Gasteiger partial charge in [-0.2, -0.15) is 0 Å². The van der Waals surface area contributed by atoms with Crippen LogP contribution in [-0.4, -0.2) is 41.3 Å². The fraction of sp³-hybridized carbons (Fsp3) is 0.800. The minimum atomic E-state index is -0.762. The van der Waals surface area contributed by atoms with E-state index in [4.69, 9.17) is 9.47 Å². The Labute approximate surface area is 87.4 Å². The van der Waals surface area contributed by atoms with Gasteiger partial charge in [-0.15, -0.1) is 0 Å². The van der Waals surface area contributed by atoms with Crippen molar-refractivity contribution in [2.45, 2.75) is 50.6 Å². The first kappa shape index (κ1) is 10.6. The van der Waals surface area contributed by atoms with Gasteiger partial charge in [-0.05, 0) is 6.92 Å². The first-order valence-electron chi connectivity index (χ1n) is 5.12. The number of carbonyl (C=O) groups is 2. The Hall–Kier alpha value is -0.940. The van der Waals surface area contributed by atoms with Crippen LogP contribution in [0.25, 0.3) is 0 Å². The largest absolute Gasteiger partial charge is 0.460 e. The smallest absolute Gasteiger partial charge is 0.306 e. The highest BCUT2D eigenvalue weighted by atomic mass is 16.6. The molecule has 0 aromatic rings. The number of ketones is 1. The van der Waals surface area contributed by atoms with Crippen molar-refractivity contribution in [3.63, 3.8) is 0 Å². The molecular weight excluding hydrogens is 200 g/mol. The minimum Gasteiger partial charge on any atom is -0.460 e. The average Bonchev–Trinajstić information content (AvgIpc) is 2.92. The van der Waals surface area contributed by atoms with E-state index >= 15 is 0 Å². The number of hydrogen-bond donors (Lipinski definition) is 1. The molecule has 0 spiro atoms. The van der Waals surface area contributed by atoms with Gasteiger partial charge in [0.05, 0.1) is 12.5 Å². The lowest BCUT2D eigenvalue weighted by Gasteiger charge is -2.14. The first-order chi connectivity index (χ1) is 7.08. The van der Waals surface area contributed by atoms with Gasteiger partial charge in [-0.25, -0.2) is 0 Å². The number of ether oxygens (including phenoxy) is 2. The lowest BCUT2D eigenvalue weighted by atomic mass is 10.0. The van der Waals surface area contributed by atoms with E-state index in [1.807, 2.05) is 0 Å². The summed E-state index contributed by atoms with van der Waals surface area (Å²) < 4.78 is 10.2. The van der Waals surface area contributed by atoms with E-state index in [9.17, 15) is 14.7 Å². The number of epoxide rings is 1. The zero-order chi connectivity index (χ0) is 11.0. The number of fused-ring (bicyclic) bond motifs is 1. The van der Waals surface area contributed by atoms with Crippen LogP contribution in [-0.2, 0) is 19.1 Å². The van der Waals surface area contributed by atoms with Gasteiger partial charge in [0.15, 0.2) is 0 Å². The summed E-state index contributed by atoms with van der Waals surface area (Å²) in [7, 11) is 0. The Bertz CT molecular complexity index is 260. The van der Waals surface area contributed by atoms with Crippen molar-refractivity contribution in [3.8, 4) is 0 Å². The summed E-state index contributed by atoms with van der Waals surface area (Å²) in [5.74, 6) is -0.496. The minimum absolute atomic E-state index is 0.0706. The molecule has 5 heteroatoms. The van der Waals surface area contributed by atoms with Gasteiger partial charge < -0.3 is 14.6 Å². The van der Waals surface area contributed by atoms with Gasteiger partial charge in [0.2, 0.25) is 0 Å². The summed E-state index contributed by atoms with van der Waals surface area (Å²) in [4.78, 5) is 22.5. The van der Waals surface area contributed by atoms with E-state index in [1.54, 1.807) is 6.92 Å². The summed E-state index contributed by atoms with van der Waals surface area (Å²) in [6, 6.07) is 0. The molecule has 84 valence electrons. The number of aliphatic hydroxyl groups excluding tert-OH is 1. The maximum absolute atomic E-state index is 11.3. The topological polar surface area (TPSA) is 76.1 Å². The van der Waals surface area contributed by atoms with Crippen molar-refractivity contribution in [3.05, 3.63) is 0 Å². The average molecular weight is 214 g/mol. The molecule has 5 nitrogen and oxygen atoms in total. The Morgan fingerprint density at radius 2 is 2.00 bits per heavy atom. The van der Waals surface area contributed by atoms with Gasteiger partial charge in [-0.3, -0.25) is 9.59 Å². The molecule has 0 unspecified atom stereocenters. The predicted octanol–water partition coefficient (Wildman–Crippen LogP) is -0.201. The number of hydrogen-bond acceptors (Lipinski definition) is 5. The molecular formula is C10H14O5. The maximum Gasteiger partial charge on any atom is 0.306 e. The molecule has 0 saturated carbocycles. The fourth-order valence-electron chi connectivity index (χ4n) is 1.85. The second-order valence-corrected chi connectivity index (χ2v) is 4.07. The van der Waals surface area contributed by atoms with Crippen molar-refractivity contribution >= 4 is 11.8 Å². The molecule has 0 radical (unpaired) electrons. The van der Waals surface area contributed by atoms with Crippen molar-refractivity contribution in [2.24, 2.45) is 0 Å². The van der Waals surface area contributed by atoms with E-state index < -0.39 is 6.10 Å². The summed E-state index contributed by atoms with van der Waals surface area (Å²) in [5.41, 5.74) is 0. The number of carbonyl (C=O) groups excluding carboxylic acids is 2. The van der Waals surface area contributed by atoms with Gasteiger partial charge in [0, 0.05) is 12.8 Å². The number of cyclic esters (lactones) is 1. The number of rotatable bonds is 0. The van der Waals surface area contributed by atoms with Crippen LogP contribution in [0, 0.1) is 0 Å². The highest BCUT2D eigenvalue weighted by molar-refractivity contribution is 5.83. The van der Waals surface area contributed by atoms with E-state index in [0.29, 0.717) is 0 Å². The summed E-state index contributed by atoms with van der Waals surface area (Å²) >= 11 is 0. The predicted molar refractivity (Wildman–Crippen MR) is 49.1 cm³/mol. The summed E-state index contributed by atoms with van der Waals surface area (Å²) in [6.45, 7) is 1.73. The van der Waals surface area contributed by atoms with Crippen LogP contribution >= 0.6 is 0 Å². The number of aliphatic hydroxyl groups is 1. The fourth-order valence-corrected chi connectivity index (χ4v) is 1.85. The van der Waals surface area contributed by atoms with Crippen LogP contribution in [0.5, 0.6) is 0 Å². The van der Waals surface area contributed by atoms with Gasteiger partial charge in [0.25, 0.3) is 0 Å². The molecule has 2 saturated heterocycles. The van der Waals surface area contributed by atoms with Gasteiger partial charge >= 0.3 is 5.97 Å². The number of Topliss-reactive ketones (excluding diaryl/α,β-unsaturated/α-hetero) is 1. The van der Waals surface area contributed by atoms with Crippen LogP contribution in [0.2, 0.25) is 0 Å². The van der Waals surface area contributed by atoms with E-state index in [2.05, 4.69) is 0 Å². The zero-order valence-corrected chi connectivity index (χ0v) is 8.51. The van der Waals surface area contributed by atoms with Crippen LogP contribution in [0.4, 0.5) is 0 Å². The van der Waals surface area contributed by atoms with E-state index in [1.165, 1.54) is 0 Å².